The summed E-state index contributed by atoms with van der Waals surface area (Å²) in [7, 11) is -3.44. The highest BCUT2D eigenvalue weighted by molar-refractivity contribution is 7.88. The molecule has 0 bridgehead atoms. The van der Waals surface area contributed by atoms with Crippen LogP contribution in [0.5, 0.6) is 0 Å². The molecule has 1 aliphatic rings. The molecule has 2 aromatic rings. The van der Waals surface area contributed by atoms with Gasteiger partial charge in [-0.3, -0.25) is 4.79 Å². The molecule has 138 valence electrons. The van der Waals surface area contributed by atoms with Crippen molar-refractivity contribution in [2.75, 3.05) is 26.2 Å². The van der Waals surface area contributed by atoms with Gasteiger partial charge in [0, 0.05) is 31.7 Å². The zero-order valence-corrected chi connectivity index (χ0v) is 15.4. The van der Waals surface area contributed by atoms with Crippen molar-refractivity contribution in [2.45, 2.75) is 12.7 Å². The molecule has 2 aromatic carbocycles. The number of halogens is 1. The standard InChI is InChI=1S/C19H21FN2O3S/c1-15-5-2-3-6-17(15)14-26(24,25)22-11-9-21(10-12-22)19(23)16-7-4-8-18(20)13-16/h2-8,13H,9-12,14H2,1H3. The number of amides is 1. The van der Waals surface area contributed by atoms with Crippen LogP contribution in [0.3, 0.4) is 0 Å². The van der Waals surface area contributed by atoms with Gasteiger partial charge >= 0.3 is 0 Å². The predicted molar refractivity (Wildman–Crippen MR) is 97.7 cm³/mol. The Hall–Kier alpha value is -2.25. The third-order valence-electron chi connectivity index (χ3n) is 4.59. The monoisotopic (exact) mass is 376 g/mol. The van der Waals surface area contributed by atoms with E-state index in [2.05, 4.69) is 0 Å². The van der Waals surface area contributed by atoms with Gasteiger partial charge in [-0.05, 0) is 36.2 Å². The fourth-order valence-electron chi connectivity index (χ4n) is 3.03. The molecule has 26 heavy (non-hydrogen) atoms. The van der Waals surface area contributed by atoms with Gasteiger partial charge in [-0.1, -0.05) is 30.3 Å². The first-order chi connectivity index (χ1) is 12.4. The van der Waals surface area contributed by atoms with E-state index in [-0.39, 0.29) is 30.3 Å². The highest BCUT2D eigenvalue weighted by Crippen LogP contribution is 2.17. The van der Waals surface area contributed by atoms with Crippen molar-refractivity contribution in [3.8, 4) is 0 Å². The number of carbonyl (C=O) groups is 1. The van der Waals surface area contributed by atoms with Crippen molar-refractivity contribution >= 4 is 15.9 Å². The van der Waals surface area contributed by atoms with Gasteiger partial charge in [-0.2, -0.15) is 4.31 Å². The number of rotatable bonds is 4. The second-order valence-corrected chi connectivity index (χ2v) is 8.35. The first-order valence-electron chi connectivity index (χ1n) is 8.44. The van der Waals surface area contributed by atoms with Gasteiger partial charge in [0.05, 0.1) is 5.75 Å². The topological polar surface area (TPSA) is 57.7 Å². The van der Waals surface area contributed by atoms with Crippen LogP contribution in [0.2, 0.25) is 0 Å². The number of hydrogen-bond donors (Lipinski definition) is 0. The molecule has 1 fully saturated rings. The van der Waals surface area contributed by atoms with E-state index in [0.717, 1.165) is 11.1 Å². The molecule has 0 N–H and O–H groups in total. The quantitative estimate of drug-likeness (QED) is 0.823. The van der Waals surface area contributed by atoms with E-state index in [4.69, 9.17) is 0 Å². The lowest BCUT2D eigenvalue weighted by Gasteiger charge is -2.34. The summed E-state index contributed by atoms with van der Waals surface area (Å²) < 4.78 is 40.1. The minimum absolute atomic E-state index is 0.0441. The van der Waals surface area contributed by atoms with Crippen molar-refractivity contribution in [3.05, 3.63) is 71.0 Å². The molecule has 5 nitrogen and oxygen atoms in total. The van der Waals surface area contributed by atoms with Crippen LogP contribution in [0.4, 0.5) is 4.39 Å². The Morgan fingerprint density at radius 2 is 1.73 bits per heavy atom. The van der Waals surface area contributed by atoms with E-state index in [1.165, 1.54) is 22.5 Å². The Balaban J connectivity index is 1.64. The third-order valence-corrected chi connectivity index (χ3v) is 6.42. The molecule has 7 heteroatoms. The van der Waals surface area contributed by atoms with Gasteiger partial charge < -0.3 is 4.90 Å². The van der Waals surface area contributed by atoms with Gasteiger partial charge in [0.1, 0.15) is 5.82 Å². The Bertz CT molecular complexity index is 907. The van der Waals surface area contributed by atoms with Gasteiger partial charge in [0.15, 0.2) is 0 Å². The van der Waals surface area contributed by atoms with Crippen LogP contribution in [0.1, 0.15) is 21.5 Å². The largest absolute Gasteiger partial charge is 0.336 e. The number of benzene rings is 2. The van der Waals surface area contributed by atoms with Crippen LogP contribution >= 0.6 is 0 Å². The molecule has 0 unspecified atom stereocenters. The predicted octanol–water partition coefficient (Wildman–Crippen LogP) is 2.42. The lowest BCUT2D eigenvalue weighted by atomic mass is 10.1. The molecule has 0 spiro atoms. The SMILES string of the molecule is Cc1ccccc1CS(=O)(=O)N1CCN(C(=O)c2cccc(F)c2)CC1. The summed E-state index contributed by atoms with van der Waals surface area (Å²) in [5, 5.41) is 0. The number of aryl methyl sites for hydroxylation is 1. The second kappa shape index (κ2) is 7.55. The van der Waals surface area contributed by atoms with Crippen molar-refractivity contribution < 1.29 is 17.6 Å². The number of carbonyl (C=O) groups excluding carboxylic acids is 1. The fourth-order valence-corrected chi connectivity index (χ4v) is 4.65. The molecule has 1 amide bonds. The van der Waals surface area contributed by atoms with Crippen LogP contribution in [0.15, 0.2) is 48.5 Å². The number of piperazine rings is 1. The molecule has 0 atom stereocenters. The Morgan fingerprint density at radius 3 is 2.38 bits per heavy atom. The molecular weight excluding hydrogens is 355 g/mol. The average molecular weight is 376 g/mol. The highest BCUT2D eigenvalue weighted by Gasteiger charge is 2.29. The molecule has 0 saturated carbocycles. The Labute approximate surface area is 153 Å². The maximum absolute atomic E-state index is 13.3. The van der Waals surface area contributed by atoms with Crippen molar-refractivity contribution in [1.82, 2.24) is 9.21 Å². The molecule has 0 radical (unpaired) electrons. The van der Waals surface area contributed by atoms with E-state index in [1.807, 2.05) is 31.2 Å². The number of sulfonamides is 1. The summed E-state index contributed by atoms with van der Waals surface area (Å²) in [4.78, 5) is 14.0. The normalized spacial score (nSPS) is 15.8. The van der Waals surface area contributed by atoms with E-state index in [9.17, 15) is 17.6 Å². The maximum atomic E-state index is 13.3. The lowest BCUT2D eigenvalue weighted by molar-refractivity contribution is 0.0697. The molecule has 1 saturated heterocycles. The van der Waals surface area contributed by atoms with E-state index in [1.54, 1.807) is 11.0 Å². The van der Waals surface area contributed by atoms with Crippen LogP contribution in [0.25, 0.3) is 0 Å². The van der Waals surface area contributed by atoms with Gasteiger partial charge in [-0.15, -0.1) is 0 Å². The van der Waals surface area contributed by atoms with Crippen LogP contribution < -0.4 is 0 Å². The van der Waals surface area contributed by atoms with Crippen LogP contribution in [0, 0.1) is 12.7 Å². The van der Waals surface area contributed by atoms with E-state index >= 15 is 0 Å². The lowest BCUT2D eigenvalue weighted by Crippen LogP contribution is -2.50. The van der Waals surface area contributed by atoms with Gasteiger partial charge in [-0.25, -0.2) is 12.8 Å². The van der Waals surface area contributed by atoms with Crippen molar-refractivity contribution in [1.29, 1.82) is 0 Å². The second-order valence-electron chi connectivity index (χ2n) is 6.38. The highest BCUT2D eigenvalue weighted by atomic mass is 32.2. The summed E-state index contributed by atoms with van der Waals surface area (Å²) >= 11 is 0. The van der Waals surface area contributed by atoms with Gasteiger partial charge in [0.25, 0.3) is 5.91 Å². The van der Waals surface area contributed by atoms with Crippen molar-refractivity contribution in [2.24, 2.45) is 0 Å². The summed E-state index contributed by atoms with van der Waals surface area (Å²) in [5.74, 6) is -0.784. The smallest absolute Gasteiger partial charge is 0.254 e. The third kappa shape index (κ3) is 4.11. The minimum Gasteiger partial charge on any atom is -0.336 e. The molecule has 0 aromatic heterocycles. The fraction of sp³-hybridized carbons (Fsp3) is 0.316. The average Bonchev–Trinajstić information content (AvgIpc) is 2.63. The maximum Gasteiger partial charge on any atom is 0.254 e. The number of hydrogen-bond acceptors (Lipinski definition) is 3. The summed E-state index contributed by atoms with van der Waals surface area (Å²) in [6.07, 6.45) is 0. The molecule has 1 heterocycles. The molecule has 0 aliphatic carbocycles. The van der Waals surface area contributed by atoms with Gasteiger partial charge in [0.2, 0.25) is 10.0 Å². The molecule has 3 rings (SSSR count). The summed E-state index contributed by atoms with van der Waals surface area (Å²) in [6, 6.07) is 12.9. The molecular formula is C19H21FN2O3S. The molecule has 1 aliphatic heterocycles. The van der Waals surface area contributed by atoms with Crippen LogP contribution in [-0.4, -0.2) is 49.7 Å². The Kier molecular flexibility index (Phi) is 5.38. The number of nitrogens with zero attached hydrogens (tertiary/aromatic N) is 2. The minimum atomic E-state index is -3.44. The van der Waals surface area contributed by atoms with Crippen molar-refractivity contribution in [3.63, 3.8) is 0 Å². The first-order valence-corrected chi connectivity index (χ1v) is 10.0. The summed E-state index contributed by atoms with van der Waals surface area (Å²) in [5.41, 5.74) is 2.00. The van der Waals surface area contributed by atoms with E-state index < -0.39 is 15.8 Å². The zero-order valence-electron chi connectivity index (χ0n) is 14.6. The first kappa shape index (κ1) is 18.5. The van der Waals surface area contributed by atoms with E-state index in [0.29, 0.717) is 13.1 Å². The summed E-state index contributed by atoms with van der Waals surface area (Å²) in [6.45, 7) is 2.97. The van der Waals surface area contributed by atoms with Crippen LogP contribution in [-0.2, 0) is 15.8 Å². The zero-order chi connectivity index (χ0) is 18.7. The Morgan fingerprint density at radius 1 is 1.04 bits per heavy atom.